The fraction of sp³-hybridized carbons (Fsp3) is 0.312. The molecular formula is C16H18N2O2. The Morgan fingerprint density at radius 3 is 2.85 bits per heavy atom. The minimum absolute atomic E-state index is 0.0117. The number of nitrogens with two attached hydrogens (primary N) is 1. The standard InChI is InChI=1S/C16H18N2O2/c1-11-8-9-15(20-11)16(19)18-10-4-6-13(17)12-5-2-3-7-14(12)18/h2-3,5,7-9,13H,4,6,10,17H2,1H3. The number of anilines is 1. The van der Waals surface area contributed by atoms with E-state index in [0.29, 0.717) is 12.3 Å². The average Bonchev–Trinajstić information content (AvgIpc) is 2.82. The van der Waals surface area contributed by atoms with E-state index in [1.54, 1.807) is 11.0 Å². The normalized spacial score (nSPS) is 18.5. The smallest absolute Gasteiger partial charge is 0.293 e. The minimum atomic E-state index is -0.0975. The third-order valence-corrected chi connectivity index (χ3v) is 3.72. The molecule has 104 valence electrons. The van der Waals surface area contributed by atoms with Crippen molar-refractivity contribution in [2.45, 2.75) is 25.8 Å². The fourth-order valence-electron chi connectivity index (χ4n) is 2.69. The Morgan fingerprint density at radius 1 is 1.30 bits per heavy atom. The summed E-state index contributed by atoms with van der Waals surface area (Å²) in [4.78, 5) is 14.4. The van der Waals surface area contributed by atoms with E-state index < -0.39 is 0 Å². The molecule has 0 saturated heterocycles. The molecule has 3 rings (SSSR count). The van der Waals surface area contributed by atoms with Crippen molar-refractivity contribution in [3.63, 3.8) is 0 Å². The molecular weight excluding hydrogens is 252 g/mol. The van der Waals surface area contributed by atoms with Crippen molar-refractivity contribution < 1.29 is 9.21 Å². The van der Waals surface area contributed by atoms with E-state index in [1.807, 2.05) is 37.3 Å². The van der Waals surface area contributed by atoms with Crippen molar-refractivity contribution in [1.29, 1.82) is 0 Å². The molecule has 1 atom stereocenters. The van der Waals surface area contributed by atoms with Crippen molar-refractivity contribution in [1.82, 2.24) is 0 Å². The summed E-state index contributed by atoms with van der Waals surface area (Å²) in [5.41, 5.74) is 8.12. The van der Waals surface area contributed by atoms with Crippen molar-refractivity contribution in [3.8, 4) is 0 Å². The molecule has 0 bridgehead atoms. The number of aryl methyl sites for hydroxylation is 1. The second-order valence-corrected chi connectivity index (χ2v) is 5.17. The van der Waals surface area contributed by atoms with E-state index in [-0.39, 0.29) is 11.9 Å². The quantitative estimate of drug-likeness (QED) is 0.866. The van der Waals surface area contributed by atoms with Gasteiger partial charge < -0.3 is 15.1 Å². The number of benzene rings is 1. The van der Waals surface area contributed by atoms with Crippen LogP contribution < -0.4 is 10.6 Å². The van der Waals surface area contributed by atoms with Crippen LogP contribution >= 0.6 is 0 Å². The summed E-state index contributed by atoms with van der Waals surface area (Å²) in [5, 5.41) is 0. The first kappa shape index (κ1) is 12.9. The summed E-state index contributed by atoms with van der Waals surface area (Å²) >= 11 is 0. The maximum absolute atomic E-state index is 12.6. The number of hydrogen-bond donors (Lipinski definition) is 1. The molecule has 1 amide bonds. The Hall–Kier alpha value is -2.07. The molecule has 0 saturated carbocycles. The second kappa shape index (κ2) is 5.13. The van der Waals surface area contributed by atoms with Gasteiger partial charge in [-0.05, 0) is 43.5 Å². The Kier molecular flexibility index (Phi) is 3.32. The molecule has 2 heterocycles. The van der Waals surface area contributed by atoms with Crippen LogP contribution in [-0.2, 0) is 0 Å². The largest absolute Gasteiger partial charge is 0.456 e. The molecule has 2 aromatic rings. The number of amides is 1. The maximum Gasteiger partial charge on any atom is 0.293 e. The molecule has 20 heavy (non-hydrogen) atoms. The van der Waals surface area contributed by atoms with Crippen molar-refractivity contribution in [3.05, 3.63) is 53.5 Å². The van der Waals surface area contributed by atoms with Crippen LogP contribution in [0.4, 0.5) is 5.69 Å². The van der Waals surface area contributed by atoms with E-state index in [1.165, 1.54) is 0 Å². The van der Waals surface area contributed by atoms with E-state index >= 15 is 0 Å². The third-order valence-electron chi connectivity index (χ3n) is 3.72. The number of carbonyl (C=O) groups is 1. The van der Waals surface area contributed by atoms with Crippen LogP contribution in [0.1, 0.15) is 40.8 Å². The number of para-hydroxylation sites is 1. The van der Waals surface area contributed by atoms with Gasteiger partial charge in [0.2, 0.25) is 0 Å². The number of furan rings is 1. The highest BCUT2D eigenvalue weighted by Crippen LogP contribution is 2.32. The zero-order valence-electron chi connectivity index (χ0n) is 11.5. The maximum atomic E-state index is 12.6. The SMILES string of the molecule is Cc1ccc(C(=O)N2CCCC(N)c3ccccc32)o1. The topological polar surface area (TPSA) is 59.5 Å². The second-order valence-electron chi connectivity index (χ2n) is 5.17. The van der Waals surface area contributed by atoms with Gasteiger partial charge in [-0.25, -0.2) is 0 Å². The van der Waals surface area contributed by atoms with Gasteiger partial charge in [0.15, 0.2) is 5.76 Å². The summed E-state index contributed by atoms with van der Waals surface area (Å²) < 4.78 is 5.46. The van der Waals surface area contributed by atoms with Crippen molar-refractivity contribution in [2.24, 2.45) is 5.73 Å². The van der Waals surface area contributed by atoms with Crippen LogP contribution in [0, 0.1) is 6.92 Å². The monoisotopic (exact) mass is 270 g/mol. The van der Waals surface area contributed by atoms with Gasteiger partial charge in [0.1, 0.15) is 5.76 Å². The Morgan fingerprint density at radius 2 is 2.10 bits per heavy atom. The highest BCUT2D eigenvalue weighted by Gasteiger charge is 2.26. The molecule has 0 fully saturated rings. The van der Waals surface area contributed by atoms with E-state index in [0.717, 1.165) is 29.9 Å². The van der Waals surface area contributed by atoms with Crippen LogP contribution in [0.15, 0.2) is 40.8 Å². The van der Waals surface area contributed by atoms with E-state index in [9.17, 15) is 4.79 Å². The van der Waals surface area contributed by atoms with Gasteiger partial charge >= 0.3 is 0 Å². The molecule has 1 aromatic carbocycles. The zero-order valence-corrected chi connectivity index (χ0v) is 11.5. The zero-order chi connectivity index (χ0) is 14.1. The van der Waals surface area contributed by atoms with Crippen LogP contribution in [0.25, 0.3) is 0 Å². The summed E-state index contributed by atoms with van der Waals surface area (Å²) in [6, 6.07) is 11.4. The van der Waals surface area contributed by atoms with E-state index in [2.05, 4.69) is 0 Å². The third kappa shape index (κ3) is 2.23. The predicted octanol–water partition coefficient (Wildman–Crippen LogP) is 3.03. The first-order valence-corrected chi connectivity index (χ1v) is 6.89. The minimum Gasteiger partial charge on any atom is -0.456 e. The van der Waals surface area contributed by atoms with Gasteiger partial charge in [0, 0.05) is 18.3 Å². The number of rotatable bonds is 1. The Balaban J connectivity index is 2.01. The number of hydrogen-bond acceptors (Lipinski definition) is 3. The molecule has 1 unspecified atom stereocenters. The number of fused-ring (bicyclic) bond motifs is 1. The summed E-state index contributed by atoms with van der Waals surface area (Å²) in [6.45, 7) is 2.51. The number of carbonyl (C=O) groups excluding carboxylic acids is 1. The lowest BCUT2D eigenvalue weighted by atomic mass is 10.0. The fourth-order valence-corrected chi connectivity index (χ4v) is 2.69. The lowest BCUT2D eigenvalue weighted by Gasteiger charge is -2.22. The molecule has 2 N–H and O–H groups in total. The van der Waals surface area contributed by atoms with Crippen LogP contribution in [0.5, 0.6) is 0 Å². The average molecular weight is 270 g/mol. The summed E-state index contributed by atoms with van der Waals surface area (Å²) in [7, 11) is 0. The van der Waals surface area contributed by atoms with Gasteiger partial charge in [0.25, 0.3) is 5.91 Å². The molecule has 4 nitrogen and oxygen atoms in total. The van der Waals surface area contributed by atoms with Gasteiger partial charge in [-0.3, -0.25) is 4.79 Å². The van der Waals surface area contributed by atoms with Gasteiger partial charge in [0.05, 0.1) is 0 Å². The highest BCUT2D eigenvalue weighted by atomic mass is 16.3. The molecule has 1 aromatic heterocycles. The molecule has 0 aliphatic carbocycles. The van der Waals surface area contributed by atoms with E-state index in [4.69, 9.17) is 10.2 Å². The van der Waals surface area contributed by atoms with Crippen molar-refractivity contribution in [2.75, 3.05) is 11.4 Å². The summed E-state index contributed by atoms with van der Waals surface area (Å²) in [6.07, 6.45) is 1.78. The molecule has 1 aliphatic rings. The van der Waals surface area contributed by atoms with Crippen LogP contribution in [-0.4, -0.2) is 12.5 Å². The van der Waals surface area contributed by atoms with Gasteiger partial charge in [-0.2, -0.15) is 0 Å². The number of nitrogens with zero attached hydrogens (tertiary/aromatic N) is 1. The molecule has 0 radical (unpaired) electrons. The Labute approximate surface area is 118 Å². The first-order chi connectivity index (χ1) is 9.66. The predicted molar refractivity (Wildman–Crippen MR) is 77.7 cm³/mol. The first-order valence-electron chi connectivity index (χ1n) is 6.89. The molecule has 4 heteroatoms. The lowest BCUT2D eigenvalue weighted by molar-refractivity contribution is 0.0959. The van der Waals surface area contributed by atoms with Crippen molar-refractivity contribution >= 4 is 11.6 Å². The molecule has 1 aliphatic heterocycles. The Bertz CT molecular complexity index is 633. The van der Waals surface area contributed by atoms with Gasteiger partial charge in [-0.15, -0.1) is 0 Å². The lowest BCUT2D eigenvalue weighted by Crippen LogP contribution is -2.31. The van der Waals surface area contributed by atoms with Crippen LogP contribution in [0.2, 0.25) is 0 Å². The van der Waals surface area contributed by atoms with Gasteiger partial charge in [-0.1, -0.05) is 18.2 Å². The van der Waals surface area contributed by atoms with Crippen LogP contribution in [0.3, 0.4) is 0 Å². The highest BCUT2D eigenvalue weighted by molar-refractivity contribution is 6.04. The summed E-state index contributed by atoms with van der Waals surface area (Å²) in [5.74, 6) is 1.03. The molecule has 0 spiro atoms.